The van der Waals surface area contributed by atoms with Gasteiger partial charge in [-0.2, -0.15) is 10.4 Å². The van der Waals surface area contributed by atoms with Crippen LogP contribution in [0.4, 0.5) is 5.69 Å². The molecule has 0 amide bonds. The number of fused-ring (bicyclic) bond motifs is 1. The predicted octanol–water partition coefficient (Wildman–Crippen LogP) is 1.45. The highest BCUT2D eigenvalue weighted by atomic mass is 32.2. The van der Waals surface area contributed by atoms with Crippen LogP contribution in [0.15, 0.2) is 29.4 Å². The van der Waals surface area contributed by atoms with E-state index in [1.165, 1.54) is 11.8 Å². The summed E-state index contributed by atoms with van der Waals surface area (Å²) in [5.74, 6) is 0. The lowest BCUT2D eigenvalue weighted by Crippen LogP contribution is -2.12. The third-order valence-electron chi connectivity index (χ3n) is 2.45. The SMILES string of the molecule is CSC(=Nc1ccc2nn(CCO)cc2c1)NC#N. The van der Waals surface area contributed by atoms with Crippen LogP contribution in [0.25, 0.3) is 10.9 Å². The number of nitriles is 1. The third kappa shape index (κ3) is 3.24. The number of aliphatic hydroxyl groups is 1. The molecule has 0 unspecified atom stereocenters. The van der Waals surface area contributed by atoms with Crippen LogP contribution in [0.5, 0.6) is 0 Å². The van der Waals surface area contributed by atoms with E-state index in [0.717, 1.165) is 16.6 Å². The first-order valence-corrected chi connectivity index (χ1v) is 6.85. The molecule has 2 rings (SSSR count). The fraction of sp³-hybridized carbons (Fsp3) is 0.250. The van der Waals surface area contributed by atoms with Gasteiger partial charge < -0.3 is 5.11 Å². The Hall–Kier alpha value is -2.04. The Labute approximate surface area is 114 Å². The van der Waals surface area contributed by atoms with Gasteiger partial charge in [0.05, 0.1) is 24.4 Å². The molecule has 0 bridgehead atoms. The zero-order valence-corrected chi connectivity index (χ0v) is 11.2. The molecule has 1 aromatic carbocycles. The third-order valence-corrected chi connectivity index (χ3v) is 3.03. The number of nitrogens with one attached hydrogen (secondary N) is 1. The summed E-state index contributed by atoms with van der Waals surface area (Å²) >= 11 is 1.37. The van der Waals surface area contributed by atoms with Crippen molar-refractivity contribution < 1.29 is 5.11 Å². The second-order valence-corrected chi connectivity index (χ2v) is 4.51. The van der Waals surface area contributed by atoms with E-state index in [1.54, 1.807) is 4.68 Å². The lowest BCUT2D eigenvalue weighted by atomic mass is 10.2. The van der Waals surface area contributed by atoms with Crippen molar-refractivity contribution >= 4 is 33.5 Å². The first-order chi connectivity index (χ1) is 9.26. The van der Waals surface area contributed by atoms with E-state index in [2.05, 4.69) is 15.4 Å². The van der Waals surface area contributed by atoms with Crippen molar-refractivity contribution in [2.45, 2.75) is 6.54 Å². The van der Waals surface area contributed by atoms with Crippen molar-refractivity contribution in [3.8, 4) is 6.19 Å². The van der Waals surface area contributed by atoms with Gasteiger partial charge in [-0.1, -0.05) is 11.8 Å². The van der Waals surface area contributed by atoms with Crippen molar-refractivity contribution in [2.24, 2.45) is 4.99 Å². The minimum atomic E-state index is 0.0573. The number of hydrogen-bond acceptors (Lipinski definition) is 5. The summed E-state index contributed by atoms with van der Waals surface area (Å²) in [6, 6.07) is 5.60. The number of hydrogen-bond donors (Lipinski definition) is 2. The van der Waals surface area contributed by atoms with E-state index < -0.39 is 0 Å². The van der Waals surface area contributed by atoms with Crippen LogP contribution in [0.3, 0.4) is 0 Å². The smallest absolute Gasteiger partial charge is 0.183 e. The average molecular weight is 275 g/mol. The van der Waals surface area contributed by atoms with E-state index in [9.17, 15) is 0 Å². The highest BCUT2D eigenvalue weighted by Gasteiger charge is 2.02. The summed E-state index contributed by atoms with van der Waals surface area (Å²) in [5, 5.41) is 25.8. The summed E-state index contributed by atoms with van der Waals surface area (Å²) in [4.78, 5) is 4.33. The van der Waals surface area contributed by atoms with Gasteiger partial charge in [0, 0.05) is 11.6 Å². The lowest BCUT2D eigenvalue weighted by molar-refractivity contribution is 0.270. The van der Waals surface area contributed by atoms with Gasteiger partial charge >= 0.3 is 0 Å². The second kappa shape index (κ2) is 6.22. The Morgan fingerprint density at radius 1 is 1.63 bits per heavy atom. The molecule has 19 heavy (non-hydrogen) atoms. The number of amidine groups is 1. The molecule has 0 saturated heterocycles. The van der Waals surface area contributed by atoms with Gasteiger partial charge in [-0.25, -0.2) is 4.99 Å². The molecule has 98 valence electrons. The van der Waals surface area contributed by atoms with Crippen LogP contribution >= 0.6 is 11.8 Å². The monoisotopic (exact) mass is 275 g/mol. The number of aliphatic hydroxyl groups excluding tert-OH is 1. The Kier molecular flexibility index (Phi) is 4.39. The molecule has 6 nitrogen and oxygen atoms in total. The number of benzene rings is 1. The fourth-order valence-corrected chi connectivity index (χ4v) is 1.98. The molecule has 2 aromatic rings. The van der Waals surface area contributed by atoms with Crippen LogP contribution in [-0.4, -0.2) is 32.9 Å². The molecule has 1 aromatic heterocycles. The van der Waals surface area contributed by atoms with E-state index in [0.29, 0.717) is 11.7 Å². The van der Waals surface area contributed by atoms with E-state index in [1.807, 2.05) is 36.8 Å². The molecule has 0 saturated carbocycles. The molecule has 0 aliphatic rings. The predicted molar refractivity (Wildman–Crippen MR) is 76.2 cm³/mol. The van der Waals surface area contributed by atoms with Gasteiger partial charge in [0.2, 0.25) is 0 Å². The minimum Gasteiger partial charge on any atom is -0.394 e. The molecule has 0 aliphatic carbocycles. The summed E-state index contributed by atoms with van der Waals surface area (Å²) in [7, 11) is 0. The van der Waals surface area contributed by atoms with Crippen molar-refractivity contribution in [3.05, 3.63) is 24.4 Å². The van der Waals surface area contributed by atoms with Crippen molar-refractivity contribution in [3.63, 3.8) is 0 Å². The Balaban J connectivity index is 2.33. The van der Waals surface area contributed by atoms with Crippen molar-refractivity contribution in [1.82, 2.24) is 15.1 Å². The first-order valence-electron chi connectivity index (χ1n) is 5.62. The molecule has 0 radical (unpaired) electrons. The molecular formula is C12H13N5OS. The molecule has 0 aliphatic heterocycles. The Morgan fingerprint density at radius 2 is 2.47 bits per heavy atom. The first kappa shape index (κ1) is 13.4. The summed E-state index contributed by atoms with van der Waals surface area (Å²) in [6.45, 7) is 0.529. The number of aromatic nitrogens is 2. The highest BCUT2D eigenvalue weighted by molar-refractivity contribution is 8.13. The molecule has 0 spiro atoms. The van der Waals surface area contributed by atoms with E-state index in [4.69, 9.17) is 10.4 Å². The average Bonchev–Trinajstić information content (AvgIpc) is 2.80. The lowest BCUT2D eigenvalue weighted by Gasteiger charge is -1.99. The quantitative estimate of drug-likeness (QED) is 0.383. The van der Waals surface area contributed by atoms with E-state index in [-0.39, 0.29) is 6.61 Å². The standard InChI is InChI=1S/C12H13N5OS/c1-19-12(14-8-13)15-10-2-3-11-9(6-10)7-17(16-11)4-5-18/h2-3,6-7,18H,4-5H2,1H3,(H,14,15). The maximum absolute atomic E-state index is 8.89. The maximum atomic E-state index is 8.89. The Bertz CT molecular complexity index is 643. The van der Waals surface area contributed by atoms with Gasteiger partial charge in [0.1, 0.15) is 0 Å². The summed E-state index contributed by atoms with van der Waals surface area (Å²) in [6.07, 6.45) is 5.56. The fourth-order valence-electron chi connectivity index (χ4n) is 1.64. The minimum absolute atomic E-state index is 0.0573. The molecule has 7 heteroatoms. The van der Waals surface area contributed by atoms with Crippen LogP contribution in [-0.2, 0) is 6.54 Å². The van der Waals surface area contributed by atoms with Crippen molar-refractivity contribution in [2.75, 3.05) is 12.9 Å². The number of aliphatic imine (C=N–C) groups is 1. The largest absolute Gasteiger partial charge is 0.394 e. The Morgan fingerprint density at radius 3 is 3.16 bits per heavy atom. The van der Waals surface area contributed by atoms with Gasteiger partial charge in [0.15, 0.2) is 11.4 Å². The normalized spacial score (nSPS) is 11.5. The van der Waals surface area contributed by atoms with Gasteiger partial charge in [-0.3, -0.25) is 10.00 Å². The van der Waals surface area contributed by atoms with Crippen LogP contribution in [0.2, 0.25) is 0 Å². The van der Waals surface area contributed by atoms with Gasteiger partial charge in [0.25, 0.3) is 0 Å². The number of thioether (sulfide) groups is 1. The molecular weight excluding hydrogens is 262 g/mol. The van der Waals surface area contributed by atoms with Gasteiger partial charge in [-0.15, -0.1) is 0 Å². The number of nitrogens with zero attached hydrogens (tertiary/aromatic N) is 4. The summed E-state index contributed by atoms with van der Waals surface area (Å²) < 4.78 is 1.70. The van der Waals surface area contributed by atoms with Crippen LogP contribution in [0.1, 0.15) is 0 Å². The molecule has 0 fully saturated rings. The van der Waals surface area contributed by atoms with E-state index >= 15 is 0 Å². The molecule has 1 heterocycles. The van der Waals surface area contributed by atoms with Crippen LogP contribution < -0.4 is 5.32 Å². The highest BCUT2D eigenvalue weighted by Crippen LogP contribution is 2.21. The topological polar surface area (TPSA) is 86.2 Å². The summed E-state index contributed by atoms with van der Waals surface area (Å²) in [5.41, 5.74) is 1.61. The van der Waals surface area contributed by atoms with Crippen molar-refractivity contribution in [1.29, 1.82) is 5.26 Å². The molecule has 0 atom stereocenters. The van der Waals surface area contributed by atoms with Crippen LogP contribution in [0, 0.1) is 11.5 Å². The zero-order chi connectivity index (χ0) is 13.7. The van der Waals surface area contributed by atoms with Gasteiger partial charge in [-0.05, 0) is 24.5 Å². The number of rotatable bonds is 3. The maximum Gasteiger partial charge on any atom is 0.183 e. The second-order valence-electron chi connectivity index (χ2n) is 3.72. The zero-order valence-electron chi connectivity index (χ0n) is 10.4. The molecule has 2 N–H and O–H groups in total.